The maximum absolute atomic E-state index is 8.79. The van der Waals surface area contributed by atoms with Gasteiger partial charge in [0.1, 0.15) is 12.7 Å². The molecule has 2 nitrogen and oxygen atoms in total. The molecule has 0 aliphatic carbocycles. The molecule has 9 heavy (non-hydrogen) atoms. The average molecular weight is 169 g/mol. The van der Waals surface area contributed by atoms with Gasteiger partial charge in [0.2, 0.25) is 0 Å². The van der Waals surface area contributed by atoms with Crippen LogP contribution in [0, 0.1) is 0 Å². The Labute approximate surface area is 64.8 Å². The Hall–Kier alpha value is 0.140. The molecule has 54 valence electrons. The highest BCUT2D eigenvalue weighted by Gasteiger charge is 2.00. The molecule has 1 N–H and O–H groups in total. The summed E-state index contributed by atoms with van der Waals surface area (Å²) in [6.45, 7) is 1.84. The van der Waals surface area contributed by atoms with Gasteiger partial charge in [0.05, 0.1) is 5.88 Å². The first kappa shape index (κ1) is 9.14. The molecule has 0 aromatic carbocycles. The van der Waals surface area contributed by atoms with Gasteiger partial charge in [0, 0.05) is 6.92 Å². The predicted molar refractivity (Wildman–Crippen MR) is 41.0 cm³/mol. The van der Waals surface area contributed by atoms with Crippen molar-refractivity contribution in [2.45, 2.75) is 13.0 Å². The second-order valence-electron chi connectivity index (χ2n) is 1.61. The van der Waals surface area contributed by atoms with Crippen LogP contribution in [0.25, 0.3) is 0 Å². The van der Waals surface area contributed by atoms with Crippen LogP contribution in [0.15, 0.2) is 0 Å². The van der Waals surface area contributed by atoms with Crippen LogP contribution >= 0.6 is 23.8 Å². The van der Waals surface area contributed by atoms with Gasteiger partial charge >= 0.3 is 0 Å². The Morgan fingerprint density at radius 3 is 2.78 bits per heavy atom. The van der Waals surface area contributed by atoms with Crippen LogP contribution in [0.4, 0.5) is 0 Å². The zero-order valence-corrected chi connectivity index (χ0v) is 6.71. The van der Waals surface area contributed by atoms with E-state index < -0.39 is 6.10 Å². The fourth-order valence-electron chi connectivity index (χ4n) is 0.258. The van der Waals surface area contributed by atoms with Crippen LogP contribution in [-0.4, -0.2) is 28.7 Å². The fourth-order valence-corrected chi connectivity index (χ4v) is 0.415. The van der Waals surface area contributed by atoms with E-state index in [1.807, 2.05) is 0 Å². The standard InChI is InChI=1S/C5H9ClO2S/c1-4(9)8-3-5(7)2-6/h5,7H,2-3H2,1H3. The molecule has 0 spiro atoms. The first-order valence-electron chi connectivity index (χ1n) is 2.54. The van der Waals surface area contributed by atoms with E-state index in [9.17, 15) is 0 Å². The van der Waals surface area contributed by atoms with Crippen molar-refractivity contribution < 1.29 is 9.84 Å². The van der Waals surface area contributed by atoms with E-state index in [4.69, 9.17) is 21.4 Å². The van der Waals surface area contributed by atoms with Gasteiger partial charge in [-0.3, -0.25) is 0 Å². The van der Waals surface area contributed by atoms with E-state index in [1.54, 1.807) is 6.92 Å². The molecule has 0 heterocycles. The highest BCUT2D eigenvalue weighted by Crippen LogP contribution is 1.89. The Morgan fingerprint density at radius 2 is 2.44 bits per heavy atom. The molecule has 0 aliphatic rings. The van der Waals surface area contributed by atoms with Gasteiger partial charge in [-0.1, -0.05) is 0 Å². The molecule has 0 bridgehead atoms. The second-order valence-corrected chi connectivity index (χ2v) is 2.49. The first-order valence-corrected chi connectivity index (χ1v) is 3.48. The molecule has 1 atom stereocenters. The van der Waals surface area contributed by atoms with Crippen molar-refractivity contribution in [3.63, 3.8) is 0 Å². The van der Waals surface area contributed by atoms with Crippen LogP contribution in [0.2, 0.25) is 0 Å². The van der Waals surface area contributed by atoms with Crippen LogP contribution in [0.3, 0.4) is 0 Å². The number of hydrogen-bond acceptors (Lipinski definition) is 3. The van der Waals surface area contributed by atoms with Crippen molar-refractivity contribution in [1.82, 2.24) is 0 Å². The molecule has 0 aliphatic heterocycles. The topological polar surface area (TPSA) is 29.5 Å². The molecule has 0 rings (SSSR count). The summed E-state index contributed by atoms with van der Waals surface area (Å²) in [5.74, 6) is 0.183. The molecule has 0 fully saturated rings. The maximum atomic E-state index is 8.79. The van der Waals surface area contributed by atoms with Crippen LogP contribution in [-0.2, 0) is 4.74 Å². The van der Waals surface area contributed by atoms with E-state index in [-0.39, 0.29) is 12.5 Å². The quantitative estimate of drug-likeness (QED) is 0.503. The highest BCUT2D eigenvalue weighted by molar-refractivity contribution is 7.80. The molecule has 0 aromatic heterocycles. The number of ether oxygens (including phenoxy) is 1. The largest absolute Gasteiger partial charge is 0.485 e. The summed E-state index contributed by atoms with van der Waals surface area (Å²) in [7, 11) is 0. The predicted octanol–water partition coefficient (Wildman–Crippen LogP) is 0.950. The summed E-state index contributed by atoms with van der Waals surface area (Å²) in [6, 6.07) is 0. The lowest BCUT2D eigenvalue weighted by molar-refractivity contribution is 0.121. The Kier molecular flexibility index (Phi) is 5.04. The van der Waals surface area contributed by atoms with Crippen LogP contribution in [0.5, 0.6) is 0 Å². The number of halogens is 1. The first-order chi connectivity index (χ1) is 4.16. The normalized spacial score (nSPS) is 12.8. The van der Waals surface area contributed by atoms with Gasteiger partial charge < -0.3 is 9.84 Å². The maximum Gasteiger partial charge on any atom is 0.156 e. The van der Waals surface area contributed by atoms with E-state index in [1.165, 1.54) is 0 Å². The summed E-state index contributed by atoms with van der Waals surface area (Å²) in [4.78, 5) is 0. The third kappa shape index (κ3) is 6.02. The molecule has 0 saturated carbocycles. The molecular formula is C5H9ClO2S. The van der Waals surface area contributed by atoms with E-state index >= 15 is 0 Å². The average Bonchev–Trinajstić information content (AvgIpc) is 1.83. The smallest absolute Gasteiger partial charge is 0.156 e. The molecule has 0 amide bonds. The van der Waals surface area contributed by atoms with Crippen molar-refractivity contribution in [3.8, 4) is 0 Å². The monoisotopic (exact) mass is 168 g/mol. The summed E-state index contributed by atoms with van der Waals surface area (Å²) in [5.41, 5.74) is 0. The van der Waals surface area contributed by atoms with Gasteiger partial charge in [0.15, 0.2) is 5.05 Å². The highest BCUT2D eigenvalue weighted by atomic mass is 35.5. The molecule has 1 unspecified atom stereocenters. The minimum Gasteiger partial charge on any atom is -0.485 e. The van der Waals surface area contributed by atoms with E-state index in [0.29, 0.717) is 5.05 Å². The van der Waals surface area contributed by atoms with Gasteiger partial charge in [0.25, 0.3) is 0 Å². The summed E-state index contributed by atoms with van der Waals surface area (Å²) in [5, 5.41) is 9.22. The molecule has 0 saturated heterocycles. The van der Waals surface area contributed by atoms with Crippen molar-refractivity contribution in [2.75, 3.05) is 12.5 Å². The minimum atomic E-state index is -0.607. The lowest BCUT2D eigenvalue weighted by atomic mass is 10.4. The zero-order valence-electron chi connectivity index (χ0n) is 5.13. The number of aliphatic hydroxyl groups is 1. The Morgan fingerprint density at radius 1 is 1.89 bits per heavy atom. The zero-order chi connectivity index (χ0) is 7.28. The summed E-state index contributed by atoms with van der Waals surface area (Å²) >= 11 is 9.85. The van der Waals surface area contributed by atoms with Gasteiger partial charge in [-0.25, -0.2) is 0 Å². The fraction of sp³-hybridized carbons (Fsp3) is 0.800. The Balaban J connectivity index is 3.16. The second kappa shape index (κ2) is 4.97. The number of aliphatic hydroxyl groups excluding tert-OH is 1. The SMILES string of the molecule is CC(=S)OCC(O)CCl. The molecular weight excluding hydrogens is 160 g/mol. The minimum absolute atomic E-state index is 0.183. The van der Waals surface area contributed by atoms with Crippen molar-refractivity contribution >= 4 is 28.9 Å². The van der Waals surface area contributed by atoms with Gasteiger partial charge in [-0.2, -0.15) is 0 Å². The number of hydrogen-bond donors (Lipinski definition) is 1. The van der Waals surface area contributed by atoms with Crippen molar-refractivity contribution in [2.24, 2.45) is 0 Å². The Bertz CT molecular complexity index is 97.0. The number of thiocarbonyl (C=S) groups is 1. The summed E-state index contributed by atoms with van der Waals surface area (Å²) in [6.07, 6.45) is -0.607. The van der Waals surface area contributed by atoms with Crippen molar-refractivity contribution in [3.05, 3.63) is 0 Å². The van der Waals surface area contributed by atoms with E-state index in [2.05, 4.69) is 12.2 Å². The van der Waals surface area contributed by atoms with Gasteiger partial charge in [-0.15, -0.1) is 11.6 Å². The number of rotatable bonds is 3. The van der Waals surface area contributed by atoms with Crippen LogP contribution in [0.1, 0.15) is 6.92 Å². The third-order valence-electron chi connectivity index (χ3n) is 0.657. The van der Waals surface area contributed by atoms with E-state index in [0.717, 1.165) is 0 Å². The molecule has 0 radical (unpaired) electrons. The lowest BCUT2D eigenvalue weighted by Gasteiger charge is -2.06. The number of alkyl halides is 1. The molecule has 0 aromatic rings. The summed E-state index contributed by atoms with van der Waals surface area (Å²) < 4.78 is 4.79. The van der Waals surface area contributed by atoms with Crippen molar-refractivity contribution in [1.29, 1.82) is 0 Å². The third-order valence-corrected chi connectivity index (χ3v) is 1.13. The lowest BCUT2D eigenvalue weighted by Crippen LogP contribution is -2.17. The molecule has 4 heteroatoms. The van der Waals surface area contributed by atoms with Crippen LogP contribution < -0.4 is 0 Å². The van der Waals surface area contributed by atoms with Gasteiger partial charge in [-0.05, 0) is 12.2 Å².